The van der Waals surface area contributed by atoms with Crippen LogP contribution in [0.4, 0.5) is 11.4 Å². The van der Waals surface area contributed by atoms with Crippen LogP contribution in [0.3, 0.4) is 0 Å². The summed E-state index contributed by atoms with van der Waals surface area (Å²) in [5, 5.41) is 7.32. The van der Waals surface area contributed by atoms with Gasteiger partial charge in [0.15, 0.2) is 0 Å². The van der Waals surface area contributed by atoms with E-state index in [-0.39, 0.29) is 18.0 Å². The summed E-state index contributed by atoms with van der Waals surface area (Å²) in [6, 6.07) is 20.1. The number of carbonyl (C=O) groups excluding carboxylic acids is 1. The summed E-state index contributed by atoms with van der Waals surface area (Å²) in [5.74, 6) is 0.983. The number of amides is 1. The predicted molar refractivity (Wildman–Crippen MR) is 140 cm³/mol. The zero-order chi connectivity index (χ0) is 24.9. The van der Waals surface area contributed by atoms with Crippen LogP contribution in [-0.4, -0.2) is 24.7 Å². The number of aromatic nitrogens is 1. The Morgan fingerprint density at radius 1 is 0.943 bits per heavy atom. The summed E-state index contributed by atoms with van der Waals surface area (Å²) in [6.07, 6.45) is 0. The Hall–Kier alpha value is -3.97. The Balaban J connectivity index is 1.65. The van der Waals surface area contributed by atoms with Gasteiger partial charge in [0.25, 0.3) is 5.56 Å². The summed E-state index contributed by atoms with van der Waals surface area (Å²) in [6.45, 7) is 2.03. The van der Waals surface area contributed by atoms with Crippen molar-refractivity contribution in [3.63, 3.8) is 0 Å². The lowest BCUT2D eigenvalue weighted by Gasteiger charge is -2.15. The third-order valence-corrected chi connectivity index (χ3v) is 5.96. The minimum Gasteiger partial charge on any atom is -0.497 e. The van der Waals surface area contributed by atoms with Crippen LogP contribution < -0.4 is 25.7 Å². The fourth-order valence-corrected chi connectivity index (χ4v) is 4.07. The molecule has 0 bridgehead atoms. The molecule has 8 heteroatoms. The van der Waals surface area contributed by atoms with Crippen molar-refractivity contribution in [2.75, 3.05) is 24.9 Å². The number of anilines is 2. The first-order valence-corrected chi connectivity index (χ1v) is 11.4. The summed E-state index contributed by atoms with van der Waals surface area (Å²) in [5.41, 5.74) is 3.19. The van der Waals surface area contributed by atoms with Crippen molar-refractivity contribution in [1.29, 1.82) is 0 Å². The van der Waals surface area contributed by atoms with Gasteiger partial charge in [0.2, 0.25) is 5.91 Å². The topological polar surface area (TPSA) is 81.6 Å². The minimum absolute atomic E-state index is 0.177. The monoisotopic (exact) mass is 491 g/mol. The minimum atomic E-state index is -0.359. The van der Waals surface area contributed by atoms with E-state index >= 15 is 0 Å². The fraction of sp³-hybridized carbons (Fsp3) is 0.185. The number of rotatable bonds is 8. The molecule has 7 nitrogen and oxygen atoms in total. The quantitative estimate of drug-likeness (QED) is 0.352. The smallest absolute Gasteiger partial charge is 0.256 e. The van der Waals surface area contributed by atoms with E-state index in [4.69, 9.17) is 21.1 Å². The van der Waals surface area contributed by atoms with Crippen LogP contribution in [0.1, 0.15) is 11.1 Å². The van der Waals surface area contributed by atoms with Crippen LogP contribution in [0.15, 0.2) is 71.5 Å². The Bertz CT molecular complexity index is 1430. The summed E-state index contributed by atoms with van der Waals surface area (Å²) in [7, 11) is 3.17. The number of methoxy groups -OCH3 is 2. The van der Waals surface area contributed by atoms with Gasteiger partial charge in [0.1, 0.15) is 18.0 Å². The number of hydrogen-bond acceptors (Lipinski definition) is 5. The van der Waals surface area contributed by atoms with Gasteiger partial charge in [-0.25, -0.2) is 0 Å². The molecule has 4 aromatic rings. The van der Waals surface area contributed by atoms with E-state index in [0.717, 1.165) is 22.4 Å². The molecule has 0 fully saturated rings. The largest absolute Gasteiger partial charge is 0.497 e. The lowest BCUT2D eigenvalue weighted by Crippen LogP contribution is -2.30. The molecule has 0 saturated heterocycles. The second-order valence-corrected chi connectivity index (χ2v) is 8.51. The summed E-state index contributed by atoms with van der Waals surface area (Å²) in [4.78, 5) is 26.4. The number of aryl methyl sites for hydroxylation is 1. The number of hydrogen-bond donors (Lipinski definition) is 2. The molecule has 0 spiro atoms. The number of halogens is 1. The van der Waals surface area contributed by atoms with Gasteiger partial charge in [0.05, 0.1) is 30.4 Å². The number of benzene rings is 3. The number of pyridine rings is 1. The van der Waals surface area contributed by atoms with E-state index in [1.54, 1.807) is 32.4 Å². The van der Waals surface area contributed by atoms with Crippen molar-refractivity contribution >= 4 is 39.8 Å². The molecule has 0 aliphatic heterocycles. The highest BCUT2D eigenvalue weighted by Crippen LogP contribution is 2.24. The van der Waals surface area contributed by atoms with Crippen molar-refractivity contribution in [1.82, 2.24) is 4.57 Å². The van der Waals surface area contributed by atoms with Gasteiger partial charge in [-0.1, -0.05) is 17.7 Å². The second-order valence-electron chi connectivity index (χ2n) is 8.10. The predicted octanol–water partition coefficient (Wildman–Crippen LogP) is 5.23. The fourth-order valence-electron chi connectivity index (χ4n) is 3.78. The van der Waals surface area contributed by atoms with Crippen LogP contribution in [0.25, 0.3) is 10.9 Å². The third-order valence-electron chi connectivity index (χ3n) is 5.65. The average Bonchev–Trinajstić information content (AvgIpc) is 2.86. The molecule has 0 unspecified atom stereocenters. The molecule has 1 heterocycles. The molecule has 35 heavy (non-hydrogen) atoms. The van der Waals surface area contributed by atoms with E-state index in [1.165, 1.54) is 4.57 Å². The van der Waals surface area contributed by atoms with Gasteiger partial charge >= 0.3 is 0 Å². The molecule has 0 atom stereocenters. The Morgan fingerprint density at radius 2 is 1.66 bits per heavy atom. The normalized spacial score (nSPS) is 10.7. The van der Waals surface area contributed by atoms with Crippen LogP contribution >= 0.6 is 11.6 Å². The van der Waals surface area contributed by atoms with E-state index in [1.807, 2.05) is 55.5 Å². The lowest BCUT2D eigenvalue weighted by molar-refractivity contribution is -0.116. The highest BCUT2D eigenvalue weighted by Gasteiger charge is 2.15. The van der Waals surface area contributed by atoms with Crippen LogP contribution in [0, 0.1) is 6.92 Å². The van der Waals surface area contributed by atoms with Crippen LogP contribution in [0.2, 0.25) is 5.02 Å². The molecule has 1 aromatic heterocycles. The van der Waals surface area contributed by atoms with Gasteiger partial charge in [-0.15, -0.1) is 0 Å². The lowest BCUT2D eigenvalue weighted by atomic mass is 10.1. The maximum Gasteiger partial charge on any atom is 0.256 e. The standard InChI is InChI=1S/C27H26ClN3O4/c1-17-4-11-24(23(28)12-17)30-26(32)16-31-25-14-22(35-3)8-5-18(25)13-19(27(31)33)15-29-20-6-9-21(34-2)10-7-20/h4-14,29H,15-16H2,1-3H3,(H,30,32). The molecule has 0 aliphatic carbocycles. The van der Waals surface area contributed by atoms with E-state index in [2.05, 4.69) is 10.6 Å². The highest BCUT2D eigenvalue weighted by molar-refractivity contribution is 6.33. The first-order chi connectivity index (χ1) is 16.9. The third kappa shape index (κ3) is 5.58. The van der Waals surface area contributed by atoms with Crippen molar-refractivity contribution < 1.29 is 14.3 Å². The first kappa shape index (κ1) is 24.2. The molecule has 0 radical (unpaired) electrons. The van der Waals surface area contributed by atoms with Gasteiger partial charge in [-0.3, -0.25) is 14.2 Å². The maximum absolute atomic E-state index is 13.5. The zero-order valence-corrected chi connectivity index (χ0v) is 20.5. The maximum atomic E-state index is 13.5. The number of nitrogens with one attached hydrogen (secondary N) is 2. The van der Waals surface area contributed by atoms with Crippen molar-refractivity contribution in [2.45, 2.75) is 20.0 Å². The Morgan fingerprint density at radius 3 is 2.34 bits per heavy atom. The van der Waals surface area contributed by atoms with Gasteiger partial charge in [-0.05, 0) is 72.5 Å². The molecule has 0 aliphatic rings. The molecule has 180 valence electrons. The number of carbonyl (C=O) groups is 1. The molecule has 4 rings (SSSR count). The highest BCUT2D eigenvalue weighted by atomic mass is 35.5. The van der Waals surface area contributed by atoms with Crippen molar-refractivity contribution in [3.8, 4) is 11.5 Å². The number of nitrogens with zero attached hydrogens (tertiary/aromatic N) is 1. The Labute approximate surface area is 208 Å². The summed E-state index contributed by atoms with van der Waals surface area (Å²) >= 11 is 6.27. The van der Waals surface area contributed by atoms with Gasteiger partial charge < -0.3 is 20.1 Å². The zero-order valence-electron chi connectivity index (χ0n) is 19.7. The van der Waals surface area contributed by atoms with Crippen LogP contribution in [0.5, 0.6) is 11.5 Å². The van der Waals surface area contributed by atoms with Gasteiger partial charge in [-0.2, -0.15) is 0 Å². The molecular weight excluding hydrogens is 466 g/mol. The SMILES string of the molecule is COc1ccc(NCc2cc3ccc(OC)cc3n(CC(=O)Nc3ccc(C)cc3Cl)c2=O)cc1. The Kier molecular flexibility index (Phi) is 7.27. The van der Waals surface area contributed by atoms with Gasteiger partial charge in [0, 0.05) is 23.9 Å². The van der Waals surface area contributed by atoms with E-state index in [9.17, 15) is 9.59 Å². The molecule has 0 saturated carbocycles. The average molecular weight is 492 g/mol. The first-order valence-electron chi connectivity index (χ1n) is 11.0. The van der Waals surface area contributed by atoms with E-state index in [0.29, 0.717) is 34.1 Å². The molecular formula is C27H26ClN3O4. The second kappa shape index (κ2) is 10.5. The summed E-state index contributed by atoms with van der Waals surface area (Å²) < 4.78 is 12.0. The molecule has 1 amide bonds. The number of fused-ring (bicyclic) bond motifs is 1. The van der Waals surface area contributed by atoms with Crippen molar-refractivity contribution in [3.05, 3.63) is 93.2 Å². The van der Waals surface area contributed by atoms with Crippen LogP contribution in [-0.2, 0) is 17.9 Å². The molecule has 3 aromatic carbocycles. The van der Waals surface area contributed by atoms with Crippen molar-refractivity contribution in [2.24, 2.45) is 0 Å². The number of ether oxygens (including phenoxy) is 2. The van der Waals surface area contributed by atoms with E-state index < -0.39 is 0 Å². The molecule has 2 N–H and O–H groups in total.